The average Bonchev–Trinajstić information content (AvgIpc) is 3.24. The van der Waals surface area contributed by atoms with Crippen molar-refractivity contribution in [3.63, 3.8) is 0 Å². The van der Waals surface area contributed by atoms with Gasteiger partial charge in [0.25, 0.3) is 0 Å². The van der Waals surface area contributed by atoms with Crippen LogP contribution in [-0.2, 0) is 14.4 Å². The van der Waals surface area contributed by atoms with Crippen LogP contribution in [0.25, 0.3) is 0 Å². The highest BCUT2D eigenvalue weighted by Gasteiger charge is 2.69. The molecule has 7 N–H and O–H groups in total. The lowest BCUT2D eigenvalue weighted by atomic mass is 9.78. The number of rotatable bonds is 6. The summed E-state index contributed by atoms with van der Waals surface area (Å²) >= 11 is 1.36. The summed E-state index contributed by atoms with van der Waals surface area (Å²) in [6.45, 7) is 5.58. The molecule has 1 amide bonds. The third kappa shape index (κ3) is 3.92. The summed E-state index contributed by atoms with van der Waals surface area (Å²) in [5.41, 5.74) is 5.61. The average molecular weight is 481 g/mol. The van der Waals surface area contributed by atoms with Gasteiger partial charge in [0.15, 0.2) is 11.7 Å². The number of carboxylic acids is 1. The van der Waals surface area contributed by atoms with Crippen molar-refractivity contribution in [2.24, 2.45) is 11.7 Å². The SMILES string of the molecule is CC1C=C(C(=O)O)N2C(=O)C(SC3CNC(C(=O)C4CN(C(=N)N)CCCN4)C3)(C(C)O)[C@H]12. The van der Waals surface area contributed by atoms with Crippen molar-refractivity contribution >= 4 is 35.4 Å². The second-order valence-electron chi connectivity index (χ2n) is 9.34. The Hall–Kier alpha value is -2.15. The zero-order valence-electron chi connectivity index (χ0n) is 18.8. The van der Waals surface area contributed by atoms with Gasteiger partial charge in [-0.25, -0.2) is 4.79 Å². The van der Waals surface area contributed by atoms with E-state index in [2.05, 4.69) is 10.6 Å². The van der Waals surface area contributed by atoms with Crippen molar-refractivity contribution in [3.05, 3.63) is 11.8 Å². The van der Waals surface area contributed by atoms with Crippen LogP contribution < -0.4 is 16.4 Å². The van der Waals surface area contributed by atoms with E-state index in [1.54, 1.807) is 17.9 Å². The molecule has 12 heteroatoms. The number of aliphatic hydroxyl groups excluding tert-OH is 1. The number of β-lactam (4-membered cyclic amide) rings is 1. The Morgan fingerprint density at radius 3 is 2.73 bits per heavy atom. The molecule has 0 saturated carbocycles. The van der Waals surface area contributed by atoms with Crippen molar-refractivity contribution in [1.29, 1.82) is 5.41 Å². The monoisotopic (exact) mass is 480 g/mol. The lowest BCUT2D eigenvalue weighted by Gasteiger charge is -2.56. The summed E-state index contributed by atoms with van der Waals surface area (Å²) in [6.07, 6.45) is 1.90. The van der Waals surface area contributed by atoms with Crippen molar-refractivity contribution in [2.45, 2.75) is 60.9 Å². The number of aliphatic carboxylic acids is 1. The third-order valence-corrected chi connectivity index (χ3v) is 9.01. The molecule has 4 aliphatic rings. The molecule has 11 nitrogen and oxygen atoms in total. The number of nitrogens with two attached hydrogens (primary N) is 1. The number of hydrogen-bond donors (Lipinski definition) is 6. The van der Waals surface area contributed by atoms with E-state index < -0.39 is 34.9 Å². The summed E-state index contributed by atoms with van der Waals surface area (Å²) in [4.78, 5) is 40.9. The van der Waals surface area contributed by atoms with Crippen LogP contribution in [0, 0.1) is 11.3 Å². The molecule has 7 atom stereocenters. The zero-order chi connectivity index (χ0) is 24.1. The van der Waals surface area contributed by atoms with Gasteiger partial charge in [0, 0.05) is 24.9 Å². The molecule has 4 heterocycles. The molecular weight excluding hydrogens is 448 g/mol. The third-order valence-electron chi connectivity index (χ3n) is 7.17. The maximum absolute atomic E-state index is 13.2. The first kappa shape index (κ1) is 24.0. The Labute approximate surface area is 196 Å². The zero-order valence-corrected chi connectivity index (χ0v) is 19.6. The molecule has 0 bridgehead atoms. The highest BCUT2D eigenvalue weighted by Crippen LogP contribution is 2.55. The fourth-order valence-electron chi connectivity index (χ4n) is 5.55. The van der Waals surface area contributed by atoms with Crippen LogP contribution in [0.15, 0.2) is 11.8 Å². The van der Waals surface area contributed by atoms with E-state index in [0.717, 1.165) is 6.42 Å². The number of hydrogen-bond acceptors (Lipinski definition) is 8. The van der Waals surface area contributed by atoms with E-state index in [9.17, 15) is 24.6 Å². The number of Topliss-reactive ketones (excluding diaryl/α,β-unsaturated/α-hetero) is 1. The number of carbonyl (C=O) groups excluding carboxylic acids is 2. The minimum atomic E-state index is -1.15. The van der Waals surface area contributed by atoms with Gasteiger partial charge >= 0.3 is 5.97 Å². The molecular formula is C21H32N6O5S. The molecule has 0 aromatic carbocycles. The van der Waals surface area contributed by atoms with Gasteiger partial charge in [0.2, 0.25) is 5.91 Å². The van der Waals surface area contributed by atoms with E-state index in [1.807, 2.05) is 6.92 Å². The first-order valence-electron chi connectivity index (χ1n) is 11.3. The second-order valence-corrected chi connectivity index (χ2v) is 10.9. The number of amides is 1. The number of carboxylic acid groups (broad SMARTS) is 1. The maximum atomic E-state index is 13.2. The molecule has 3 fully saturated rings. The van der Waals surface area contributed by atoms with Crippen molar-refractivity contribution in [3.8, 4) is 0 Å². The summed E-state index contributed by atoms with van der Waals surface area (Å²) in [6, 6.07) is -1.28. The van der Waals surface area contributed by atoms with Crippen molar-refractivity contribution < 1.29 is 24.6 Å². The predicted octanol–water partition coefficient (Wildman–Crippen LogP) is -1.47. The smallest absolute Gasteiger partial charge is 0.352 e. The fraction of sp³-hybridized carbons (Fsp3) is 0.714. The number of nitrogens with zero attached hydrogens (tertiary/aromatic N) is 2. The fourth-order valence-corrected chi connectivity index (χ4v) is 7.43. The molecule has 0 aromatic rings. The quantitative estimate of drug-likeness (QED) is 0.150. The van der Waals surface area contributed by atoms with E-state index in [4.69, 9.17) is 11.1 Å². The minimum Gasteiger partial charge on any atom is -0.477 e. The van der Waals surface area contributed by atoms with Gasteiger partial charge in [-0.2, -0.15) is 0 Å². The van der Waals surface area contributed by atoms with Crippen LogP contribution in [0.3, 0.4) is 0 Å². The van der Waals surface area contributed by atoms with E-state index in [-0.39, 0.29) is 34.5 Å². The van der Waals surface area contributed by atoms with E-state index in [1.165, 1.54) is 16.7 Å². The van der Waals surface area contributed by atoms with Gasteiger partial charge in [0.05, 0.1) is 24.2 Å². The lowest BCUT2D eigenvalue weighted by Crippen LogP contribution is -2.76. The number of thioether (sulfide) groups is 1. The van der Waals surface area contributed by atoms with Gasteiger partial charge in [-0.15, -0.1) is 11.8 Å². The number of carbonyl (C=O) groups is 3. The summed E-state index contributed by atoms with van der Waals surface area (Å²) in [5, 5.41) is 34.2. The standard InChI is InChI=1S/C21H32N6O5S/c1-10-6-15(18(30)31)27-17(10)21(11(2)28,19(27)32)33-12-7-13(25-8-12)16(29)14-9-26(20(22)23)5-3-4-24-14/h6,10-14,17,24-25,28H,3-5,7-9H2,1-2H3,(H3,22,23)(H,30,31)/t10?,11?,12?,13?,14?,17-,21?/m0/s1. The molecule has 0 spiro atoms. The first-order chi connectivity index (χ1) is 15.6. The van der Waals surface area contributed by atoms with Gasteiger partial charge in [-0.05, 0) is 38.3 Å². The Bertz CT molecular complexity index is 896. The molecule has 3 saturated heterocycles. The molecule has 0 aromatic heterocycles. The van der Waals surface area contributed by atoms with E-state index >= 15 is 0 Å². The van der Waals surface area contributed by atoms with Crippen LogP contribution in [0.1, 0.15) is 26.7 Å². The molecule has 182 valence electrons. The van der Waals surface area contributed by atoms with Crippen LogP contribution >= 0.6 is 11.8 Å². The van der Waals surface area contributed by atoms with Gasteiger partial charge in [-0.1, -0.05) is 6.92 Å². The Kier molecular flexibility index (Phi) is 6.47. The lowest BCUT2D eigenvalue weighted by molar-refractivity contribution is -0.158. The molecule has 4 aliphatic heterocycles. The van der Waals surface area contributed by atoms with Crippen molar-refractivity contribution in [2.75, 3.05) is 26.2 Å². The van der Waals surface area contributed by atoms with E-state index in [0.29, 0.717) is 32.6 Å². The summed E-state index contributed by atoms with van der Waals surface area (Å²) in [7, 11) is 0. The summed E-state index contributed by atoms with van der Waals surface area (Å²) in [5.74, 6) is -1.77. The molecule has 4 rings (SSSR count). The van der Waals surface area contributed by atoms with Crippen LogP contribution in [0.4, 0.5) is 0 Å². The van der Waals surface area contributed by atoms with Crippen LogP contribution in [0.5, 0.6) is 0 Å². The van der Waals surface area contributed by atoms with Gasteiger partial charge in [-0.3, -0.25) is 19.9 Å². The number of aliphatic hydroxyl groups is 1. The first-order valence-corrected chi connectivity index (χ1v) is 12.2. The number of ketones is 1. The maximum Gasteiger partial charge on any atom is 0.352 e. The Morgan fingerprint density at radius 1 is 1.36 bits per heavy atom. The van der Waals surface area contributed by atoms with Crippen LogP contribution in [-0.4, -0.2) is 104 Å². The highest BCUT2D eigenvalue weighted by atomic mass is 32.2. The van der Waals surface area contributed by atoms with Gasteiger partial charge in [0.1, 0.15) is 10.4 Å². The predicted molar refractivity (Wildman–Crippen MR) is 123 cm³/mol. The van der Waals surface area contributed by atoms with Crippen LogP contribution in [0.2, 0.25) is 0 Å². The molecule has 0 aliphatic carbocycles. The number of guanidine groups is 1. The largest absolute Gasteiger partial charge is 0.477 e. The molecule has 33 heavy (non-hydrogen) atoms. The van der Waals surface area contributed by atoms with Crippen molar-refractivity contribution in [1.82, 2.24) is 20.4 Å². The molecule has 6 unspecified atom stereocenters. The normalized spacial score (nSPS) is 37.1. The molecule has 0 radical (unpaired) electrons. The summed E-state index contributed by atoms with van der Waals surface area (Å²) < 4.78 is -1.14. The Balaban J connectivity index is 1.44. The number of nitrogens with one attached hydrogen (secondary N) is 3. The number of fused-ring (bicyclic) bond motifs is 1. The topological polar surface area (TPSA) is 172 Å². The second kappa shape index (κ2) is 8.90. The Morgan fingerprint density at radius 2 is 2.09 bits per heavy atom. The highest BCUT2D eigenvalue weighted by molar-refractivity contribution is 8.02. The minimum absolute atomic E-state index is 0.00275. The van der Waals surface area contributed by atoms with Gasteiger partial charge < -0.3 is 31.5 Å².